The Labute approximate surface area is 151 Å². The number of hydrogen-bond donors (Lipinski definition) is 2. The zero-order valence-corrected chi connectivity index (χ0v) is 14.7. The van der Waals surface area contributed by atoms with E-state index in [1.165, 1.54) is 24.3 Å². The van der Waals surface area contributed by atoms with Gasteiger partial charge in [-0.05, 0) is 41.8 Å². The predicted molar refractivity (Wildman–Crippen MR) is 94.3 cm³/mol. The SMILES string of the molecule is COc1cc(CCC(=O)NNC(=O)Cc2ccc(F)cc2)cc(OC)c1. The number of benzene rings is 2. The van der Waals surface area contributed by atoms with E-state index in [2.05, 4.69) is 10.9 Å². The van der Waals surface area contributed by atoms with Gasteiger partial charge in [-0.15, -0.1) is 0 Å². The Morgan fingerprint density at radius 2 is 1.46 bits per heavy atom. The maximum absolute atomic E-state index is 12.8. The lowest BCUT2D eigenvalue weighted by molar-refractivity contribution is -0.128. The molecule has 2 aromatic carbocycles. The van der Waals surface area contributed by atoms with Crippen molar-refractivity contribution in [3.05, 3.63) is 59.4 Å². The second-order valence-electron chi connectivity index (χ2n) is 5.62. The lowest BCUT2D eigenvalue weighted by Gasteiger charge is -2.09. The first-order chi connectivity index (χ1) is 12.5. The number of nitrogens with one attached hydrogen (secondary N) is 2. The van der Waals surface area contributed by atoms with Crippen molar-refractivity contribution in [1.82, 2.24) is 10.9 Å². The first kappa shape index (κ1) is 19.2. The molecule has 0 aliphatic heterocycles. The molecule has 138 valence electrons. The van der Waals surface area contributed by atoms with Crippen LogP contribution in [0.5, 0.6) is 11.5 Å². The Morgan fingerprint density at radius 3 is 2.04 bits per heavy atom. The molecule has 2 aromatic rings. The van der Waals surface area contributed by atoms with Gasteiger partial charge < -0.3 is 9.47 Å². The van der Waals surface area contributed by atoms with E-state index in [-0.39, 0.29) is 30.5 Å². The second-order valence-corrected chi connectivity index (χ2v) is 5.62. The van der Waals surface area contributed by atoms with E-state index in [1.54, 1.807) is 20.3 Å². The average Bonchev–Trinajstić information content (AvgIpc) is 2.66. The summed E-state index contributed by atoms with van der Waals surface area (Å²) in [6.45, 7) is 0. The van der Waals surface area contributed by atoms with Gasteiger partial charge in [-0.2, -0.15) is 0 Å². The van der Waals surface area contributed by atoms with Crippen LogP contribution < -0.4 is 20.3 Å². The number of halogens is 1. The molecule has 0 heterocycles. The van der Waals surface area contributed by atoms with Gasteiger partial charge in [0.05, 0.1) is 20.6 Å². The van der Waals surface area contributed by atoms with Gasteiger partial charge in [0.1, 0.15) is 17.3 Å². The molecule has 7 heteroatoms. The summed E-state index contributed by atoms with van der Waals surface area (Å²) in [5, 5.41) is 0. The summed E-state index contributed by atoms with van der Waals surface area (Å²) in [5.74, 6) is 0.226. The van der Waals surface area contributed by atoms with Gasteiger partial charge in [0.2, 0.25) is 11.8 Å². The van der Waals surface area contributed by atoms with Crippen LogP contribution in [0.15, 0.2) is 42.5 Å². The highest BCUT2D eigenvalue weighted by molar-refractivity contribution is 5.83. The maximum Gasteiger partial charge on any atom is 0.242 e. The minimum atomic E-state index is -0.381. The van der Waals surface area contributed by atoms with Crippen molar-refractivity contribution in [2.45, 2.75) is 19.3 Å². The first-order valence-electron chi connectivity index (χ1n) is 8.04. The van der Waals surface area contributed by atoms with Crippen LogP contribution in [0.25, 0.3) is 0 Å². The van der Waals surface area contributed by atoms with Crippen LogP contribution in [0.2, 0.25) is 0 Å². The van der Waals surface area contributed by atoms with E-state index >= 15 is 0 Å². The topological polar surface area (TPSA) is 76.7 Å². The fourth-order valence-corrected chi connectivity index (χ4v) is 2.30. The lowest BCUT2D eigenvalue weighted by Crippen LogP contribution is -2.42. The minimum Gasteiger partial charge on any atom is -0.497 e. The summed E-state index contributed by atoms with van der Waals surface area (Å²) in [5.41, 5.74) is 6.25. The van der Waals surface area contributed by atoms with Gasteiger partial charge in [0.25, 0.3) is 0 Å². The number of amides is 2. The summed E-state index contributed by atoms with van der Waals surface area (Å²) < 4.78 is 23.2. The molecule has 0 aliphatic rings. The third kappa shape index (κ3) is 6.08. The van der Waals surface area contributed by atoms with Crippen LogP contribution >= 0.6 is 0 Å². The summed E-state index contributed by atoms with van der Waals surface area (Å²) in [6.07, 6.45) is 0.702. The monoisotopic (exact) mass is 360 g/mol. The summed E-state index contributed by atoms with van der Waals surface area (Å²) in [6, 6.07) is 11.0. The molecule has 0 atom stereocenters. The van der Waals surface area contributed by atoms with Crippen molar-refractivity contribution in [3.63, 3.8) is 0 Å². The van der Waals surface area contributed by atoms with E-state index < -0.39 is 0 Å². The summed E-state index contributed by atoms with van der Waals surface area (Å²) >= 11 is 0. The molecule has 2 N–H and O–H groups in total. The Bertz CT molecular complexity index is 740. The normalized spacial score (nSPS) is 10.1. The molecule has 0 radical (unpaired) electrons. The Kier molecular flexibility index (Phi) is 6.96. The van der Waals surface area contributed by atoms with Crippen molar-refractivity contribution in [1.29, 1.82) is 0 Å². The largest absolute Gasteiger partial charge is 0.497 e. The molecule has 2 rings (SSSR count). The van der Waals surface area contributed by atoms with Crippen LogP contribution in [0.1, 0.15) is 17.5 Å². The van der Waals surface area contributed by atoms with E-state index in [0.29, 0.717) is 23.5 Å². The molecule has 0 spiro atoms. The second kappa shape index (κ2) is 9.41. The first-order valence-corrected chi connectivity index (χ1v) is 8.04. The van der Waals surface area contributed by atoms with Gasteiger partial charge in [0.15, 0.2) is 0 Å². The number of rotatable bonds is 7. The molecule has 6 nitrogen and oxygen atoms in total. The number of aryl methyl sites for hydroxylation is 1. The summed E-state index contributed by atoms with van der Waals surface area (Å²) in [4.78, 5) is 23.7. The van der Waals surface area contributed by atoms with E-state index in [1.807, 2.05) is 12.1 Å². The Hall–Kier alpha value is -3.09. The van der Waals surface area contributed by atoms with E-state index in [9.17, 15) is 14.0 Å². The molecule has 0 unspecified atom stereocenters. The molecule has 0 saturated carbocycles. The van der Waals surface area contributed by atoms with Crippen molar-refractivity contribution in [2.24, 2.45) is 0 Å². The van der Waals surface area contributed by atoms with Crippen LogP contribution in [-0.2, 0) is 22.4 Å². The molecule has 0 aliphatic carbocycles. The molecule has 0 bridgehead atoms. The Balaban J connectivity index is 1.78. The van der Waals surface area contributed by atoms with Gasteiger partial charge >= 0.3 is 0 Å². The third-order valence-corrected chi connectivity index (χ3v) is 3.67. The molecule has 26 heavy (non-hydrogen) atoms. The lowest BCUT2D eigenvalue weighted by atomic mass is 10.1. The number of hydrogen-bond acceptors (Lipinski definition) is 4. The minimum absolute atomic E-state index is 0.0492. The van der Waals surface area contributed by atoms with Gasteiger partial charge in [-0.1, -0.05) is 12.1 Å². The summed E-state index contributed by atoms with van der Waals surface area (Å²) in [7, 11) is 3.11. The van der Waals surface area contributed by atoms with Crippen LogP contribution in [0.4, 0.5) is 4.39 Å². The Morgan fingerprint density at radius 1 is 0.885 bits per heavy atom. The molecular formula is C19H21FN2O4. The van der Waals surface area contributed by atoms with Crippen LogP contribution in [0, 0.1) is 5.82 Å². The van der Waals surface area contributed by atoms with Gasteiger partial charge in [-0.3, -0.25) is 20.4 Å². The average molecular weight is 360 g/mol. The molecule has 0 aromatic heterocycles. The number of carbonyl (C=O) groups is 2. The number of carbonyl (C=O) groups excluding carboxylic acids is 2. The van der Waals surface area contributed by atoms with Crippen molar-refractivity contribution in [3.8, 4) is 11.5 Å². The van der Waals surface area contributed by atoms with E-state index in [4.69, 9.17) is 9.47 Å². The third-order valence-electron chi connectivity index (χ3n) is 3.67. The number of hydrazine groups is 1. The quantitative estimate of drug-likeness (QED) is 0.742. The number of ether oxygens (including phenoxy) is 2. The van der Waals surface area contributed by atoms with E-state index in [0.717, 1.165) is 5.56 Å². The maximum atomic E-state index is 12.8. The highest BCUT2D eigenvalue weighted by Crippen LogP contribution is 2.23. The number of methoxy groups -OCH3 is 2. The highest BCUT2D eigenvalue weighted by atomic mass is 19.1. The fraction of sp³-hybridized carbons (Fsp3) is 0.263. The van der Waals surface area contributed by atoms with Crippen molar-refractivity contribution >= 4 is 11.8 Å². The van der Waals surface area contributed by atoms with Crippen LogP contribution in [0.3, 0.4) is 0 Å². The zero-order chi connectivity index (χ0) is 18.9. The predicted octanol–water partition coefficient (Wildman–Crippen LogP) is 2.17. The molecule has 2 amide bonds. The van der Waals surface area contributed by atoms with Crippen molar-refractivity contribution < 1.29 is 23.5 Å². The molecular weight excluding hydrogens is 339 g/mol. The zero-order valence-electron chi connectivity index (χ0n) is 14.7. The smallest absolute Gasteiger partial charge is 0.242 e. The van der Waals surface area contributed by atoms with Crippen molar-refractivity contribution in [2.75, 3.05) is 14.2 Å². The van der Waals surface area contributed by atoms with Gasteiger partial charge in [0, 0.05) is 12.5 Å². The molecule has 0 fully saturated rings. The highest BCUT2D eigenvalue weighted by Gasteiger charge is 2.08. The fourth-order valence-electron chi connectivity index (χ4n) is 2.30. The van der Waals surface area contributed by atoms with Gasteiger partial charge in [-0.25, -0.2) is 4.39 Å². The van der Waals surface area contributed by atoms with Crippen LogP contribution in [-0.4, -0.2) is 26.0 Å². The molecule has 0 saturated heterocycles. The standard InChI is InChI=1S/C19H21FN2O4/c1-25-16-9-14(10-17(12-16)26-2)5-8-18(23)21-22-19(24)11-13-3-6-15(20)7-4-13/h3-4,6-7,9-10,12H,5,8,11H2,1-2H3,(H,21,23)(H,22,24).